The molecule has 140 valence electrons. The molecule has 1 fully saturated rings. The Hall–Kier alpha value is -2.66. The van der Waals surface area contributed by atoms with Gasteiger partial charge in [0.05, 0.1) is 12.7 Å². The van der Waals surface area contributed by atoms with Crippen LogP contribution in [0, 0.1) is 0 Å². The van der Waals surface area contributed by atoms with Crippen molar-refractivity contribution in [1.82, 2.24) is 14.9 Å². The standard InChI is InChI=1S/C22H25N3O2/c26-22(10-9-18-14-24-21-8-2-1-7-20(18)21)25-12-4-6-19(15-25)27-16-17-5-3-11-23-13-17/h1-3,5,7-8,11,13-14,19,24H,4,6,9-10,12,15-16H2/t19-/m0/s1. The Morgan fingerprint density at radius 3 is 3.07 bits per heavy atom. The van der Waals surface area contributed by atoms with Crippen LogP contribution in [0.2, 0.25) is 0 Å². The predicted molar refractivity (Wildman–Crippen MR) is 105 cm³/mol. The molecule has 1 atom stereocenters. The quantitative estimate of drug-likeness (QED) is 0.726. The second kappa shape index (κ2) is 8.35. The predicted octanol–water partition coefficient (Wildman–Crippen LogP) is 3.70. The molecule has 27 heavy (non-hydrogen) atoms. The highest BCUT2D eigenvalue weighted by atomic mass is 16.5. The summed E-state index contributed by atoms with van der Waals surface area (Å²) in [6.07, 6.45) is 9.02. The third kappa shape index (κ3) is 4.37. The lowest BCUT2D eigenvalue weighted by molar-refractivity contribution is -0.135. The van der Waals surface area contributed by atoms with Gasteiger partial charge in [-0.25, -0.2) is 0 Å². The normalized spacial score (nSPS) is 17.3. The van der Waals surface area contributed by atoms with Crippen LogP contribution in [0.5, 0.6) is 0 Å². The van der Waals surface area contributed by atoms with Gasteiger partial charge in [-0.05, 0) is 42.5 Å². The lowest BCUT2D eigenvalue weighted by atomic mass is 10.1. The number of piperidine rings is 1. The molecule has 2 aromatic heterocycles. The molecule has 0 radical (unpaired) electrons. The van der Waals surface area contributed by atoms with E-state index in [9.17, 15) is 4.79 Å². The molecule has 0 aliphatic carbocycles. The highest BCUT2D eigenvalue weighted by Crippen LogP contribution is 2.20. The van der Waals surface area contributed by atoms with Crippen LogP contribution < -0.4 is 0 Å². The summed E-state index contributed by atoms with van der Waals surface area (Å²) in [6.45, 7) is 2.07. The molecule has 1 saturated heterocycles. The van der Waals surface area contributed by atoms with Crippen molar-refractivity contribution in [2.45, 2.75) is 38.4 Å². The van der Waals surface area contributed by atoms with Crippen LogP contribution in [-0.4, -0.2) is 40.0 Å². The SMILES string of the molecule is O=C(CCc1c[nH]c2ccccc12)N1CCC[C@H](OCc2cccnc2)C1. The molecule has 5 nitrogen and oxygen atoms in total. The van der Waals surface area contributed by atoms with Gasteiger partial charge in [0.1, 0.15) is 0 Å². The number of ether oxygens (including phenoxy) is 1. The van der Waals surface area contributed by atoms with Crippen LogP contribution in [0.4, 0.5) is 0 Å². The monoisotopic (exact) mass is 363 g/mol. The molecule has 1 amide bonds. The van der Waals surface area contributed by atoms with E-state index in [2.05, 4.69) is 22.1 Å². The Bertz CT molecular complexity index is 891. The molecule has 3 heterocycles. The molecule has 1 aliphatic heterocycles. The topological polar surface area (TPSA) is 58.2 Å². The zero-order valence-corrected chi connectivity index (χ0v) is 15.4. The zero-order chi connectivity index (χ0) is 18.5. The summed E-state index contributed by atoms with van der Waals surface area (Å²) >= 11 is 0. The first-order valence-corrected chi connectivity index (χ1v) is 9.63. The van der Waals surface area contributed by atoms with E-state index in [1.807, 2.05) is 41.6 Å². The first-order valence-electron chi connectivity index (χ1n) is 9.63. The number of aromatic amines is 1. The summed E-state index contributed by atoms with van der Waals surface area (Å²) in [4.78, 5) is 22.1. The van der Waals surface area contributed by atoms with Crippen molar-refractivity contribution in [3.05, 3.63) is 66.1 Å². The number of pyridine rings is 1. The minimum atomic E-state index is 0.107. The Labute approximate surface area is 159 Å². The number of fused-ring (bicyclic) bond motifs is 1. The Kier molecular flexibility index (Phi) is 5.49. The van der Waals surface area contributed by atoms with Gasteiger partial charge in [-0.1, -0.05) is 24.3 Å². The van der Waals surface area contributed by atoms with E-state index in [4.69, 9.17) is 4.74 Å². The van der Waals surface area contributed by atoms with Gasteiger partial charge < -0.3 is 14.6 Å². The van der Waals surface area contributed by atoms with E-state index < -0.39 is 0 Å². The maximum absolute atomic E-state index is 12.7. The Morgan fingerprint density at radius 2 is 2.19 bits per heavy atom. The van der Waals surface area contributed by atoms with E-state index in [1.165, 1.54) is 10.9 Å². The van der Waals surface area contributed by atoms with Gasteiger partial charge in [0, 0.05) is 49.0 Å². The molecule has 0 spiro atoms. The van der Waals surface area contributed by atoms with E-state index in [0.717, 1.165) is 36.9 Å². The summed E-state index contributed by atoms with van der Waals surface area (Å²) in [7, 11) is 0. The summed E-state index contributed by atoms with van der Waals surface area (Å²) in [5, 5.41) is 1.21. The highest BCUT2D eigenvalue weighted by molar-refractivity contribution is 5.84. The molecular formula is C22H25N3O2. The number of likely N-dealkylation sites (tertiary alicyclic amines) is 1. The second-order valence-corrected chi connectivity index (χ2v) is 7.14. The van der Waals surface area contributed by atoms with Gasteiger partial charge in [-0.2, -0.15) is 0 Å². The Morgan fingerprint density at radius 1 is 1.26 bits per heavy atom. The molecule has 4 rings (SSSR count). The maximum atomic E-state index is 12.7. The van der Waals surface area contributed by atoms with Crippen molar-refractivity contribution < 1.29 is 9.53 Å². The minimum absolute atomic E-state index is 0.107. The average Bonchev–Trinajstić information content (AvgIpc) is 3.15. The summed E-state index contributed by atoms with van der Waals surface area (Å²) in [5.41, 5.74) is 3.41. The third-order valence-corrected chi connectivity index (χ3v) is 5.22. The number of carbonyl (C=O) groups excluding carboxylic acids is 1. The number of para-hydroxylation sites is 1. The number of aryl methyl sites for hydroxylation is 1. The highest BCUT2D eigenvalue weighted by Gasteiger charge is 2.24. The van der Waals surface area contributed by atoms with Gasteiger partial charge in [-0.15, -0.1) is 0 Å². The summed E-state index contributed by atoms with van der Waals surface area (Å²) in [6, 6.07) is 12.2. The van der Waals surface area contributed by atoms with E-state index >= 15 is 0 Å². The third-order valence-electron chi connectivity index (χ3n) is 5.22. The van der Waals surface area contributed by atoms with Crippen LogP contribution in [-0.2, 0) is 22.6 Å². The van der Waals surface area contributed by atoms with Crippen LogP contribution >= 0.6 is 0 Å². The molecule has 1 N–H and O–H groups in total. The maximum Gasteiger partial charge on any atom is 0.222 e. The number of rotatable bonds is 6. The number of aromatic nitrogens is 2. The first-order chi connectivity index (χ1) is 13.3. The fraction of sp³-hybridized carbons (Fsp3) is 0.364. The number of benzene rings is 1. The van der Waals surface area contributed by atoms with Crippen molar-refractivity contribution in [2.24, 2.45) is 0 Å². The van der Waals surface area contributed by atoms with Crippen LogP contribution in [0.15, 0.2) is 55.0 Å². The average molecular weight is 363 g/mol. The number of carbonyl (C=O) groups is 1. The molecule has 1 aliphatic rings. The number of hydrogen-bond donors (Lipinski definition) is 1. The van der Waals surface area contributed by atoms with Gasteiger partial charge in [0.2, 0.25) is 5.91 Å². The largest absolute Gasteiger partial charge is 0.372 e. The van der Waals surface area contributed by atoms with Crippen LogP contribution in [0.1, 0.15) is 30.4 Å². The lowest BCUT2D eigenvalue weighted by Gasteiger charge is -2.32. The number of H-pyrrole nitrogens is 1. The zero-order valence-electron chi connectivity index (χ0n) is 15.4. The van der Waals surface area contributed by atoms with Crippen molar-refractivity contribution in [3.63, 3.8) is 0 Å². The summed E-state index contributed by atoms with van der Waals surface area (Å²) in [5.74, 6) is 0.218. The van der Waals surface area contributed by atoms with E-state index in [-0.39, 0.29) is 12.0 Å². The Balaban J connectivity index is 1.29. The number of nitrogens with one attached hydrogen (secondary N) is 1. The van der Waals surface area contributed by atoms with Crippen molar-refractivity contribution in [1.29, 1.82) is 0 Å². The van der Waals surface area contributed by atoms with Gasteiger partial charge in [-0.3, -0.25) is 9.78 Å². The number of nitrogens with zero attached hydrogens (tertiary/aromatic N) is 2. The second-order valence-electron chi connectivity index (χ2n) is 7.14. The van der Waals surface area contributed by atoms with Gasteiger partial charge in [0.15, 0.2) is 0 Å². The fourth-order valence-electron chi connectivity index (χ4n) is 3.74. The van der Waals surface area contributed by atoms with Crippen LogP contribution in [0.3, 0.4) is 0 Å². The van der Waals surface area contributed by atoms with Crippen molar-refractivity contribution in [2.75, 3.05) is 13.1 Å². The molecule has 5 heteroatoms. The van der Waals surface area contributed by atoms with Crippen LogP contribution in [0.25, 0.3) is 10.9 Å². The molecule has 0 unspecified atom stereocenters. The van der Waals surface area contributed by atoms with Gasteiger partial charge >= 0.3 is 0 Å². The van der Waals surface area contributed by atoms with E-state index in [1.54, 1.807) is 6.20 Å². The number of hydrogen-bond acceptors (Lipinski definition) is 3. The molecular weight excluding hydrogens is 338 g/mol. The van der Waals surface area contributed by atoms with E-state index in [0.29, 0.717) is 19.6 Å². The van der Waals surface area contributed by atoms with Crippen molar-refractivity contribution in [3.8, 4) is 0 Å². The fourth-order valence-corrected chi connectivity index (χ4v) is 3.74. The minimum Gasteiger partial charge on any atom is -0.372 e. The summed E-state index contributed by atoms with van der Waals surface area (Å²) < 4.78 is 6.02. The first kappa shape index (κ1) is 17.7. The lowest BCUT2D eigenvalue weighted by Crippen LogP contribution is -2.43. The van der Waals surface area contributed by atoms with Crippen molar-refractivity contribution >= 4 is 16.8 Å². The smallest absolute Gasteiger partial charge is 0.222 e. The molecule has 3 aromatic rings. The van der Waals surface area contributed by atoms with Gasteiger partial charge in [0.25, 0.3) is 0 Å². The molecule has 0 bridgehead atoms. The number of amides is 1. The molecule has 1 aromatic carbocycles. The molecule has 0 saturated carbocycles.